The first kappa shape index (κ1) is 17.3. The molecule has 1 aliphatic heterocycles. The lowest BCUT2D eigenvalue weighted by Gasteiger charge is -2.31. The molecular weight excluding hydrogens is 336 g/mol. The smallest absolute Gasteiger partial charge is 0.246 e. The summed E-state index contributed by atoms with van der Waals surface area (Å²) in [6.45, 7) is 1.42. The standard InChI is InChI=1S/C23H22N2O2/c26-22(12-11-18-6-2-1-3-7-18)25-16-13-20(14-17-25)27-21-10-4-8-19-9-5-15-24-23(19)21/h1-12,15,20H,13-14,16-17H2. The number of amides is 1. The summed E-state index contributed by atoms with van der Waals surface area (Å²) in [6.07, 6.45) is 7.08. The van der Waals surface area contributed by atoms with Crippen LogP contribution in [0.4, 0.5) is 0 Å². The lowest BCUT2D eigenvalue weighted by atomic mass is 10.1. The minimum atomic E-state index is 0.0594. The van der Waals surface area contributed by atoms with Crippen molar-refractivity contribution >= 4 is 22.9 Å². The summed E-state index contributed by atoms with van der Waals surface area (Å²) in [7, 11) is 0. The van der Waals surface area contributed by atoms with E-state index in [1.165, 1.54) is 0 Å². The largest absolute Gasteiger partial charge is 0.488 e. The Kier molecular flexibility index (Phi) is 5.15. The second-order valence-electron chi connectivity index (χ2n) is 6.72. The molecule has 4 nitrogen and oxygen atoms in total. The number of fused-ring (bicyclic) bond motifs is 1. The van der Waals surface area contributed by atoms with Gasteiger partial charge in [-0.05, 0) is 23.8 Å². The molecule has 2 aromatic carbocycles. The molecule has 1 fully saturated rings. The Morgan fingerprint density at radius 1 is 1.00 bits per heavy atom. The molecule has 0 bridgehead atoms. The predicted octanol–water partition coefficient (Wildman–Crippen LogP) is 4.32. The lowest BCUT2D eigenvalue weighted by Crippen LogP contribution is -2.41. The zero-order chi connectivity index (χ0) is 18.5. The van der Waals surface area contributed by atoms with E-state index >= 15 is 0 Å². The molecular formula is C23H22N2O2. The van der Waals surface area contributed by atoms with Crippen molar-refractivity contribution in [1.29, 1.82) is 0 Å². The van der Waals surface area contributed by atoms with Crippen molar-refractivity contribution in [2.24, 2.45) is 0 Å². The average molecular weight is 358 g/mol. The number of likely N-dealkylation sites (tertiary alicyclic amines) is 1. The molecule has 0 spiro atoms. The van der Waals surface area contributed by atoms with Gasteiger partial charge in [0.2, 0.25) is 5.91 Å². The van der Waals surface area contributed by atoms with Gasteiger partial charge in [0.25, 0.3) is 0 Å². The first-order valence-electron chi connectivity index (χ1n) is 9.32. The molecule has 1 aromatic heterocycles. The van der Waals surface area contributed by atoms with Gasteiger partial charge in [-0.15, -0.1) is 0 Å². The van der Waals surface area contributed by atoms with Crippen molar-refractivity contribution in [3.63, 3.8) is 0 Å². The van der Waals surface area contributed by atoms with Gasteiger partial charge in [-0.3, -0.25) is 9.78 Å². The molecule has 136 valence electrons. The van der Waals surface area contributed by atoms with Crippen LogP contribution in [0.5, 0.6) is 5.75 Å². The van der Waals surface area contributed by atoms with Crippen LogP contribution < -0.4 is 4.74 Å². The number of para-hydroxylation sites is 1. The monoisotopic (exact) mass is 358 g/mol. The third-order valence-electron chi connectivity index (χ3n) is 4.86. The van der Waals surface area contributed by atoms with Crippen LogP contribution in [0, 0.1) is 0 Å². The summed E-state index contributed by atoms with van der Waals surface area (Å²) in [5.41, 5.74) is 1.93. The van der Waals surface area contributed by atoms with E-state index in [0.717, 1.165) is 35.1 Å². The van der Waals surface area contributed by atoms with Crippen LogP contribution in [0.3, 0.4) is 0 Å². The van der Waals surface area contributed by atoms with Gasteiger partial charge in [-0.1, -0.05) is 48.5 Å². The summed E-state index contributed by atoms with van der Waals surface area (Å²) in [5.74, 6) is 0.881. The van der Waals surface area contributed by atoms with E-state index < -0.39 is 0 Å². The highest BCUT2D eigenvalue weighted by Gasteiger charge is 2.23. The fourth-order valence-electron chi connectivity index (χ4n) is 3.38. The van der Waals surface area contributed by atoms with Gasteiger partial charge < -0.3 is 9.64 Å². The van der Waals surface area contributed by atoms with Gasteiger partial charge in [-0.25, -0.2) is 0 Å². The molecule has 0 radical (unpaired) electrons. The van der Waals surface area contributed by atoms with E-state index in [1.54, 1.807) is 12.3 Å². The number of nitrogens with zero attached hydrogens (tertiary/aromatic N) is 2. The van der Waals surface area contributed by atoms with Crippen molar-refractivity contribution in [2.45, 2.75) is 18.9 Å². The van der Waals surface area contributed by atoms with Crippen LogP contribution >= 0.6 is 0 Å². The maximum Gasteiger partial charge on any atom is 0.246 e. The first-order chi connectivity index (χ1) is 13.3. The number of ether oxygens (including phenoxy) is 1. The maximum atomic E-state index is 12.4. The number of piperidine rings is 1. The van der Waals surface area contributed by atoms with Crippen molar-refractivity contribution in [3.8, 4) is 5.75 Å². The second-order valence-corrected chi connectivity index (χ2v) is 6.72. The minimum absolute atomic E-state index is 0.0594. The highest BCUT2D eigenvalue weighted by Crippen LogP contribution is 2.26. The number of aromatic nitrogens is 1. The molecule has 4 heteroatoms. The maximum absolute atomic E-state index is 12.4. The molecule has 0 saturated carbocycles. The molecule has 0 aliphatic carbocycles. The van der Waals surface area contributed by atoms with Gasteiger partial charge in [0, 0.05) is 43.6 Å². The highest BCUT2D eigenvalue weighted by atomic mass is 16.5. The van der Waals surface area contributed by atoms with E-state index in [0.29, 0.717) is 13.1 Å². The van der Waals surface area contributed by atoms with Gasteiger partial charge in [0.05, 0.1) is 0 Å². The topological polar surface area (TPSA) is 42.4 Å². The van der Waals surface area contributed by atoms with E-state index in [-0.39, 0.29) is 12.0 Å². The summed E-state index contributed by atoms with van der Waals surface area (Å²) in [6, 6.07) is 19.8. The Balaban J connectivity index is 1.35. The van der Waals surface area contributed by atoms with Gasteiger partial charge in [0.15, 0.2) is 0 Å². The Bertz CT molecular complexity index is 940. The molecule has 4 rings (SSSR count). The fraction of sp³-hybridized carbons (Fsp3) is 0.217. The van der Waals surface area contributed by atoms with Gasteiger partial charge in [0.1, 0.15) is 17.4 Å². The van der Waals surface area contributed by atoms with Crippen LogP contribution in [0.2, 0.25) is 0 Å². The van der Waals surface area contributed by atoms with Crippen LogP contribution in [0.25, 0.3) is 17.0 Å². The number of hydrogen-bond donors (Lipinski definition) is 0. The summed E-state index contributed by atoms with van der Waals surface area (Å²) >= 11 is 0. The average Bonchev–Trinajstić information content (AvgIpc) is 2.74. The van der Waals surface area contributed by atoms with Crippen LogP contribution in [0.1, 0.15) is 18.4 Å². The normalized spacial score (nSPS) is 15.3. The molecule has 0 N–H and O–H groups in total. The van der Waals surface area contributed by atoms with Crippen LogP contribution in [0.15, 0.2) is 72.9 Å². The molecule has 3 aromatic rings. The number of hydrogen-bond acceptors (Lipinski definition) is 3. The van der Waals surface area contributed by atoms with Crippen molar-refractivity contribution in [1.82, 2.24) is 9.88 Å². The van der Waals surface area contributed by atoms with E-state index in [2.05, 4.69) is 4.98 Å². The minimum Gasteiger partial charge on any atom is -0.488 e. The van der Waals surface area contributed by atoms with Crippen molar-refractivity contribution in [3.05, 3.63) is 78.5 Å². The molecule has 1 saturated heterocycles. The molecule has 27 heavy (non-hydrogen) atoms. The lowest BCUT2D eigenvalue weighted by molar-refractivity contribution is -0.127. The predicted molar refractivity (Wildman–Crippen MR) is 107 cm³/mol. The van der Waals surface area contributed by atoms with Crippen molar-refractivity contribution < 1.29 is 9.53 Å². The zero-order valence-electron chi connectivity index (χ0n) is 15.1. The number of carbonyl (C=O) groups excluding carboxylic acids is 1. The highest BCUT2D eigenvalue weighted by molar-refractivity contribution is 5.91. The Morgan fingerprint density at radius 3 is 2.59 bits per heavy atom. The van der Waals surface area contributed by atoms with E-state index in [1.807, 2.05) is 71.6 Å². The molecule has 1 aliphatic rings. The van der Waals surface area contributed by atoms with Gasteiger partial charge >= 0.3 is 0 Å². The van der Waals surface area contributed by atoms with Gasteiger partial charge in [-0.2, -0.15) is 0 Å². The molecule has 0 unspecified atom stereocenters. The molecule has 0 atom stereocenters. The Morgan fingerprint density at radius 2 is 1.78 bits per heavy atom. The zero-order valence-corrected chi connectivity index (χ0v) is 15.1. The van der Waals surface area contributed by atoms with Crippen LogP contribution in [-0.2, 0) is 4.79 Å². The second kappa shape index (κ2) is 8.04. The third kappa shape index (κ3) is 4.17. The number of pyridine rings is 1. The SMILES string of the molecule is O=C(C=Cc1ccccc1)N1CCC(Oc2cccc3cccnc23)CC1. The third-order valence-corrected chi connectivity index (χ3v) is 4.86. The van der Waals surface area contributed by atoms with E-state index in [9.17, 15) is 4.79 Å². The Labute approximate surface area is 159 Å². The summed E-state index contributed by atoms with van der Waals surface area (Å²) in [4.78, 5) is 18.7. The fourth-order valence-corrected chi connectivity index (χ4v) is 3.38. The Hall–Kier alpha value is -3.14. The number of benzene rings is 2. The van der Waals surface area contributed by atoms with Crippen molar-refractivity contribution in [2.75, 3.05) is 13.1 Å². The first-order valence-corrected chi connectivity index (χ1v) is 9.32. The number of carbonyl (C=O) groups is 1. The molecule has 1 amide bonds. The van der Waals surface area contributed by atoms with Crippen LogP contribution in [-0.4, -0.2) is 35.0 Å². The van der Waals surface area contributed by atoms with E-state index in [4.69, 9.17) is 4.74 Å². The number of rotatable bonds is 4. The summed E-state index contributed by atoms with van der Waals surface area (Å²) < 4.78 is 6.21. The quantitative estimate of drug-likeness (QED) is 0.653. The molecule has 2 heterocycles. The summed E-state index contributed by atoms with van der Waals surface area (Å²) in [5, 5.41) is 1.08.